The maximum absolute atomic E-state index is 13.2. The lowest BCUT2D eigenvalue weighted by Crippen LogP contribution is -2.36. The van der Waals surface area contributed by atoms with Crippen LogP contribution in [-0.4, -0.2) is 47.2 Å². The third kappa shape index (κ3) is 4.06. The molecule has 0 aliphatic carbocycles. The Hall–Kier alpha value is -3.72. The van der Waals surface area contributed by atoms with Gasteiger partial charge in [0.25, 0.3) is 0 Å². The Morgan fingerprint density at radius 2 is 1.88 bits per heavy atom. The summed E-state index contributed by atoms with van der Waals surface area (Å²) in [5.41, 5.74) is 10.7. The summed E-state index contributed by atoms with van der Waals surface area (Å²) in [5, 5.41) is 2.81. The van der Waals surface area contributed by atoms with Crippen LogP contribution >= 0.6 is 0 Å². The fraction of sp³-hybridized carbons (Fsp3) is 0.261. The maximum atomic E-state index is 13.2. The fourth-order valence-electron chi connectivity index (χ4n) is 3.92. The smallest absolute Gasteiger partial charge is 0.323 e. The van der Waals surface area contributed by atoms with Crippen LogP contribution in [0, 0.1) is 5.82 Å². The van der Waals surface area contributed by atoms with E-state index in [1.807, 2.05) is 6.20 Å². The van der Waals surface area contributed by atoms with Crippen molar-refractivity contribution < 1.29 is 13.9 Å². The van der Waals surface area contributed by atoms with Crippen LogP contribution in [0.25, 0.3) is 11.3 Å². The molecule has 5 rings (SSSR count). The number of halogens is 1. The Labute approximate surface area is 184 Å². The second-order valence-corrected chi connectivity index (χ2v) is 7.83. The number of fused-ring (bicyclic) bond motifs is 1. The highest BCUT2D eigenvalue weighted by atomic mass is 19.1. The molecule has 32 heavy (non-hydrogen) atoms. The molecule has 0 radical (unpaired) electrons. The van der Waals surface area contributed by atoms with Gasteiger partial charge in [0.05, 0.1) is 48.7 Å². The second kappa shape index (κ2) is 8.43. The van der Waals surface area contributed by atoms with E-state index in [2.05, 4.69) is 26.3 Å². The second-order valence-electron chi connectivity index (χ2n) is 7.83. The molecule has 1 fully saturated rings. The van der Waals surface area contributed by atoms with E-state index in [0.717, 1.165) is 35.6 Å². The van der Waals surface area contributed by atoms with E-state index in [9.17, 15) is 9.18 Å². The summed E-state index contributed by atoms with van der Waals surface area (Å²) in [4.78, 5) is 25.9. The van der Waals surface area contributed by atoms with Gasteiger partial charge < -0.3 is 20.3 Å². The molecule has 9 heteroatoms. The first kappa shape index (κ1) is 20.2. The van der Waals surface area contributed by atoms with Crippen LogP contribution in [-0.2, 0) is 17.8 Å². The van der Waals surface area contributed by atoms with E-state index in [0.29, 0.717) is 37.7 Å². The molecule has 3 N–H and O–H groups in total. The number of ether oxygens (including phenoxy) is 1. The number of carbonyl (C=O) groups excluding carboxylic acids is 1. The number of hydrogen-bond donors (Lipinski definition) is 2. The van der Waals surface area contributed by atoms with Gasteiger partial charge in [-0.05, 0) is 48.0 Å². The molecule has 164 valence electrons. The van der Waals surface area contributed by atoms with Gasteiger partial charge in [-0.2, -0.15) is 0 Å². The van der Waals surface area contributed by atoms with Gasteiger partial charge in [0.15, 0.2) is 5.82 Å². The van der Waals surface area contributed by atoms with E-state index in [-0.39, 0.29) is 17.7 Å². The van der Waals surface area contributed by atoms with Crippen molar-refractivity contribution >= 4 is 23.2 Å². The van der Waals surface area contributed by atoms with Crippen molar-refractivity contribution in [3.8, 4) is 11.3 Å². The van der Waals surface area contributed by atoms with E-state index < -0.39 is 0 Å². The number of pyridine rings is 2. The summed E-state index contributed by atoms with van der Waals surface area (Å²) in [6.07, 6.45) is 1.86. The van der Waals surface area contributed by atoms with Gasteiger partial charge in [-0.1, -0.05) is 0 Å². The van der Waals surface area contributed by atoms with Crippen molar-refractivity contribution in [2.24, 2.45) is 0 Å². The van der Waals surface area contributed by atoms with E-state index in [4.69, 9.17) is 10.5 Å². The summed E-state index contributed by atoms with van der Waals surface area (Å²) in [6, 6.07) is 11.2. The Balaban J connectivity index is 1.29. The fourth-order valence-corrected chi connectivity index (χ4v) is 3.92. The van der Waals surface area contributed by atoms with Crippen LogP contribution < -0.4 is 16.0 Å². The molecule has 2 aliphatic heterocycles. The summed E-state index contributed by atoms with van der Waals surface area (Å²) in [5.74, 6) is -0.0496. The molecule has 1 saturated heterocycles. The Morgan fingerprint density at radius 3 is 2.66 bits per heavy atom. The van der Waals surface area contributed by atoms with Gasteiger partial charge in [0.2, 0.25) is 0 Å². The molecule has 2 aromatic heterocycles. The highest BCUT2D eigenvalue weighted by molar-refractivity contribution is 5.92. The minimum absolute atomic E-state index is 0.273. The number of hydrogen-bond acceptors (Lipinski definition) is 6. The quantitative estimate of drug-likeness (QED) is 0.657. The molecule has 2 amide bonds. The number of nitrogens with zero attached hydrogens (tertiary/aromatic N) is 4. The number of aromatic nitrogens is 2. The summed E-state index contributed by atoms with van der Waals surface area (Å²) >= 11 is 0. The average Bonchev–Trinajstić information content (AvgIpc) is 3.25. The Kier molecular flexibility index (Phi) is 5.32. The number of nitrogens with two attached hydrogens (primary N) is 1. The first-order chi connectivity index (χ1) is 15.6. The minimum Gasteiger partial charge on any atom is -0.396 e. The highest BCUT2D eigenvalue weighted by Crippen LogP contribution is 2.28. The standard InChI is InChI=1S/C23H23FN6O2/c24-17-3-1-15(2-4-17)20-6-5-19(25)22(27-20)28-23(31)30-13-16-11-18(12-26-21(16)14-30)29-7-9-32-10-8-29/h1-6,11-12H,7-10,13-14,25H2,(H,27,28,31). The third-order valence-corrected chi connectivity index (χ3v) is 5.70. The summed E-state index contributed by atoms with van der Waals surface area (Å²) < 4.78 is 18.6. The molecule has 0 unspecified atom stereocenters. The maximum Gasteiger partial charge on any atom is 0.323 e. The topological polar surface area (TPSA) is 96.6 Å². The first-order valence-corrected chi connectivity index (χ1v) is 10.5. The highest BCUT2D eigenvalue weighted by Gasteiger charge is 2.26. The van der Waals surface area contributed by atoms with Crippen LogP contribution in [0.1, 0.15) is 11.3 Å². The predicted molar refractivity (Wildman–Crippen MR) is 120 cm³/mol. The van der Waals surface area contributed by atoms with E-state index in [1.54, 1.807) is 29.2 Å². The number of amides is 2. The first-order valence-electron chi connectivity index (χ1n) is 10.5. The SMILES string of the molecule is Nc1ccc(-c2ccc(F)cc2)nc1NC(=O)N1Cc2cc(N3CCOCC3)cnc2C1. The van der Waals surface area contributed by atoms with Gasteiger partial charge in [-0.15, -0.1) is 0 Å². The van der Waals surface area contributed by atoms with Crippen molar-refractivity contribution in [3.63, 3.8) is 0 Å². The molecule has 0 bridgehead atoms. The van der Waals surface area contributed by atoms with E-state index in [1.165, 1.54) is 12.1 Å². The van der Waals surface area contributed by atoms with Gasteiger partial charge in [-0.25, -0.2) is 14.2 Å². The molecular weight excluding hydrogens is 411 g/mol. The molecular formula is C23H23FN6O2. The van der Waals surface area contributed by atoms with Gasteiger partial charge in [0, 0.05) is 25.2 Å². The van der Waals surface area contributed by atoms with Crippen molar-refractivity contribution in [1.82, 2.24) is 14.9 Å². The normalized spacial score (nSPS) is 15.5. The lowest BCUT2D eigenvalue weighted by molar-refractivity contribution is 0.122. The number of carbonyl (C=O) groups is 1. The zero-order valence-electron chi connectivity index (χ0n) is 17.4. The zero-order valence-corrected chi connectivity index (χ0v) is 17.4. The van der Waals surface area contributed by atoms with Crippen LogP contribution in [0.5, 0.6) is 0 Å². The third-order valence-electron chi connectivity index (χ3n) is 5.70. The lowest BCUT2D eigenvalue weighted by atomic mass is 10.1. The van der Waals surface area contributed by atoms with Crippen LogP contribution in [0.4, 0.5) is 26.4 Å². The number of nitrogens with one attached hydrogen (secondary N) is 1. The number of morpholine rings is 1. The number of rotatable bonds is 3. The van der Waals surface area contributed by atoms with E-state index >= 15 is 0 Å². The monoisotopic (exact) mass is 434 g/mol. The molecule has 1 aromatic carbocycles. The van der Waals surface area contributed by atoms with Gasteiger partial charge in [0.1, 0.15) is 5.82 Å². The molecule has 3 aromatic rings. The molecule has 2 aliphatic rings. The van der Waals surface area contributed by atoms with Crippen molar-refractivity contribution in [3.05, 3.63) is 65.7 Å². The minimum atomic E-state index is -0.322. The molecule has 0 atom stereocenters. The van der Waals surface area contributed by atoms with Gasteiger partial charge in [-0.3, -0.25) is 10.3 Å². The van der Waals surface area contributed by atoms with Crippen LogP contribution in [0.15, 0.2) is 48.7 Å². The van der Waals surface area contributed by atoms with Crippen LogP contribution in [0.3, 0.4) is 0 Å². The number of benzene rings is 1. The largest absolute Gasteiger partial charge is 0.396 e. The lowest BCUT2D eigenvalue weighted by Gasteiger charge is -2.28. The molecule has 8 nitrogen and oxygen atoms in total. The molecule has 4 heterocycles. The summed E-state index contributed by atoms with van der Waals surface area (Å²) in [6.45, 7) is 3.96. The van der Waals surface area contributed by atoms with Crippen molar-refractivity contribution in [2.75, 3.05) is 42.3 Å². The predicted octanol–water partition coefficient (Wildman–Crippen LogP) is 3.25. The summed E-state index contributed by atoms with van der Waals surface area (Å²) in [7, 11) is 0. The van der Waals surface area contributed by atoms with Crippen LogP contribution in [0.2, 0.25) is 0 Å². The number of urea groups is 1. The Morgan fingerprint density at radius 1 is 1.09 bits per heavy atom. The van der Waals surface area contributed by atoms with Crippen molar-refractivity contribution in [2.45, 2.75) is 13.1 Å². The zero-order chi connectivity index (χ0) is 22.1. The van der Waals surface area contributed by atoms with Crippen molar-refractivity contribution in [1.29, 1.82) is 0 Å². The Bertz CT molecular complexity index is 1150. The average molecular weight is 434 g/mol. The van der Waals surface area contributed by atoms with Gasteiger partial charge >= 0.3 is 6.03 Å². The molecule has 0 spiro atoms. The number of anilines is 3. The molecule has 0 saturated carbocycles. The number of nitrogen functional groups attached to an aromatic ring is 1.